The summed E-state index contributed by atoms with van der Waals surface area (Å²) in [5.74, 6) is -0.267. The van der Waals surface area contributed by atoms with Gasteiger partial charge < -0.3 is 0 Å². The lowest BCUT2D eigenvalue weighted by Crippen LogP contribution is -2.41. The van der Waals surface area contributed by atoms with Crippen molar-refractivity contribution in [1.29, 1.82) is 0 Å². The number of amides is 2. The summed E-state index contributed by atoms with van der Waals surface area (Å²) in [6.45, 7) is 18.0. The second-order valence-corrected chi connectivity index (χ2v) is 40.9. The Balaban J connectivity index is 0.820. The minimum Gasteiger partial charge on any atom is -0.268 e. The maximum absolute atomic E-state index is 15.6. The van der Waals surface area contributed by atoms with Crippen molar-refractivity contribution in [1.82, 2.24) is 0 Å². The summed E-state index contributed by atoms with van der Waals surface area (Å²) in [4.78, 5) is 32.7. The van der Waals surface area contributed by atoms with E-state index in [4.69, 9.17) is 0 Å². The van der Waals surface area contributed by atoms with Gasteiger partial charge in [0.15, 0.2) is 0 Å². The standard InChI is InChI=1S/C124H139NO2/c1-9-13-17-21-25-29-33-37-41-45-52-80-68-97-90-60-51-61-91-98-69-81(53-46-42-38-34-30-26-22-18-14-10-2)71-100-102-73-83(55-48-44-40-36-32-28-24-20-16-12-4)75-104-106-77-84(87-62-63-92-94-65-67-96-110-95(66-64-93(108(94)110)89-59-50-58-88(87)107(89)92)123(126)125(124(96)127)122-85(78(5)6)56-49-57-86(122)79(7)8)76-105-103-74-82(54-47-43-39-35-31-27-23-19-15-11-3)72-101-99(70-80)111(97)117-116(109(90)91)118(112(98)100)120(114(102)104)121(115(105)106)119(117)113(101)103/h49-51,56-79H,9-48,52-55H2,1-8H3. The molecular formula is C124H139NO2. The van der Waals surface area contributed by atoms with Crippen LogP contribution in [0.1, 0.15) is 378 Å². The average molecular weight is 1680 g/mol. The molecule has 652 valence electrons. The minimum atomic E-state index is -0.242. The Hall–Kier alpha value is -9.70. The monoisotopic (exact) mass is 1670 g/mol. The van der Waals surface area contributed by atoms with Gasteiger partial charge in [-0.1, -0.05) is 414 Å². The van der Waals surface area contributed by atoms with Crippen molar-refractivity contribution < 1.29 is 9.59 Å². The third-order valence-electron chi connectivity index (χ3n) is 31.5. The lowest BCUT2D eigenvalue weighted by Gasteiger charge is -2.32. The molecule has 0 N–H and O–H groups in total. The number of rotatable bonds is 48. The smallest absolute Gasteiger partial charge is 0.266 e. The van der Waals surface area contributed by atoms with Crippen LogP contribution >= 0.6 is 0 Å². The molecule has 3 heteroatoms. The number of carbonyl (C=O) groups excluding carboxylic acids is 2. The number of benzene rings is 19. The molecule has 3 nitrogen and oxygen atoms in total. The van der Waals surface area contributed by atoms with Crippen molar-refractivity contribution in [2.75, 3.05) is 4.90 Å². The van der Waals surface area contributed by atoms with Crippen LogP contribution in [0.5, 0.6) is 0 Å². The highest BCUT2D eigenvalue weighted by atomic mass is 16.2. The van der Waals surface area contributed by atoms with Crippen LogP contribution in [0.3, 0.4) is 0 Å². The number of anilines is 1. The predicted octanol–water partition coefficient (Wildman–Crippen LogP) is 38.8. The molecule has 0 atom stereocenters. The number of imide groups is 1. The van der Waals surface area contributed by atoms with Crippen LogP contribution in [-0.4, -0.2) is 11.8 Å². The molecule has 0 fully saturated rings. The molecule has 127 heavy (non-hydrogen) atoms. The summed E-state index contributed by atoms with van der Waals surface area (Å²) in [6, 6.07) is 61.6. The second-order valence-electron chi connectivity index (χ2n) is 40.9. The first-order chi connectivity index (χ1) is 62.5. The van der Waals surface area contributed by atoms with E-state index in [1.165, 1.54) is 435 Å². The van der Waals surface area contributed by atoms with Gasteiger partial charge in [-0.05, 0) is 299 Å². The van der Waals surface area contributed by atoms with Gasteiger partial charge in [0, 0.05) is 16.5 Å². The molecule has 1 aliphatic heterocycles. The van der Waals surface area contributed by atoms with Gasteiger partial charge in [-0.3, -0.25) is 9.59 Å². The Labute approximate surface area is 756 Å². The Bertz CT molecular complexity index is 6780. The molecule has 19 aromatic rings. The summed E-state index contributed by atoms with van der Waals surface area (Å²) in [5.41, 5.74) is 12.4. The number of nitrogens with zero attached hydrogens (tertiary/aromatic N) is 1. The van der Waals surface area contributed by atoms with Gasteiger partial charge >= 0.3 is 0 Å². The van der Waals surface area contributed by atoms with Crippen molar-refractivity contribution in [2.24, 2.45) is 0 Å². The van der Waals surface area contributed by atoms with Gasteiger partial charge in [-0.25, -0.2) is 4.90 Å². The van der Waals surface area contributed by atoms with Gasteiger partial charge in [0.05, 0.1) is 5.69 Å². The topological polar surface area (TPSA) is 37.4 Å². The van der Waals surface area contributed by atoms with Crippen molar-refractivity contribution in [3.63, 3.8) is 0 Å². The van der Waals surface area contributed by atoms with Crippen LogP contribution in [0.4, 0.5) is 5.69 Å². The fourth-order valence-corrected chi connectivity index (χ4v) is 25.2. The average Bonchev–Trinajstić information content (AvgIpc) is 0.640. The van der Waals surface area contributed by atoms with E-state index in [-0.39, 0.29) is 23.7 Å². The third-order valence-corrected chi connectivity index (χ3v) is 31.5. The summed E-state index contributed by atoms with van der Waals surface area (Å²) >= 11 is 0. The first kappa shape index (κ1) is 85.4. The first-order valence-corrected chi connectivity index (χ1v) is 51.9. The van der Waals surface area contributed by atoms with Crippen LogP contribution in [-0.2, 0) is 25.7 Å². The first-order valence-electron chi connectivity index (χ1n) is 51.9. The Morgan fingerprint density at radius 2 is 0.425 bits per heavy atom. The fourth-order valence-electron chi connectivity index (χ4n) is 25.2. The summed E-state index contributed by atoms with van der Waals surface area (Å²) in [7, 11) is 0. The van der Waals surface area contributed by atoms with E-state index in [0.29, 0.717) is 11.1 Å². The van der Waals surface area contributed by atoms with Crippen molar-refractivity contribution in [2.45, 2.75) is 350 Å². The van der Waals surface area contributed by atoms with Gasteiger partial charge in [0.1, 0.15) is 0 Å². The number of para-hydroxylation sites is 1. The van der Waals surface area contributed by atoms with Crippen LogP contribution in [0.2, 0.25) is 0 Å². The fraction of sp³-hybridized carbons (Fsp3) is 0.435. The quantitative estimate of drug-likeness (QED) is 0.0165. The number of aryl methyl sites for hydroxylation is 4. The molecule has 1 aliphatic rings. The van der Waals surface area contributed by atoms with Crippen molar-refractivity contribution in [3.8, 4) is 11.1 Å². The van der Waals surface area contributed by atoms with Gasteiger partial charge in [-0.15, -0.1) is 0 Å². The molecule has 0 aromatic heterocycles. The van der Waals surface area contributed by atoms with Gasteiger partial charge in [-0.2, -0.15) is 0 Å². The lowest BCUT2D eigenvalue weighted by atomic mass is 9.72. The number of fused-ring (bicyclic) bond motifs is 8. The molecule has 0 saturated heterocycles. The molecular weight excluding hydrogens is 1540 g/mol. The molecule has 0 unspecified atom stereocenters. The summed E-state index contributed by atoms with van der Waals surface area (Å²) in [6.07, 6.45) is 57.5. The van der Waals surface area contributed by atoms with E-state index in [0.717, 1.165) is 74.8 Å². The number of hydrogen-bond donors (Lipinski definition) is 0. The Morgan fingerprint density at radius 1 is 0.205 bits per heavy atom. The molecule has 20 rings (SSSR count). The van der Waals surface area contributed by atoms with Crippen LogP contribution in [0.25, 0.3) is 183 Å². The maximum Gasteiger partial charge on any atom is 0.266 e. The second kappa shape index (κ2) is 37.4. The zero-order valence-corrected chi connectivity index (χ0v) is 78.5. The number of unbranched alkanes of at least 4 members (excludes halogenated alkanes) is 36. The molecule has 0 bridgehead atoms. The van der Waals surface area contributed by atoms with E-state index >= 15 is 9.59 Å². The predicted molar refractivity (Wildman–Crippen MR) is 558 cm³/mol. The zero-order chi connectivity index (χ0) is 86.5. The minimum absolute atomic E-state index is 0.109. The highest BCUT2D eigenvalue weighted by molar-refractivity contribution is 6.61. The van der Waals surface area contributed by atoms with Gasteiger partial charge in [0.25, 0.3) is 11.8 Å². The summed E-state index contributed by atoms with van der Waals surface area (Å²) < 4.78 is 0. The van der Waals surface area contributed by atoms with E-state index in [1.54, 1.807) is 0 Å². The SMILES string of the molecule is CCCCCCCCCCCCc1cc2c3cccc4c5cc(CCCCCCCCCCCC)cc6c7cc(CCCCCCCCCCCC)cc8c9cc(-c%10ccc%11c%12ccc%13c%14c(ccc(c%15cccc%10c%15%11)c%14%12)C(=O)N(c%10c(C(C)C)cccc%10C(C)C)C%13=O)cc%10c%11cc(CCCCCCCCCCCC)cc%12c(c1)c2c1c(c34)c(c56)c(c78)c(c%109)c1c%12%11. The molecule has 2 amide bonds. The highest BCUT2D eigenvalue weighted by Gasteiger charge is 2.40. The van der Waals surface area contributed by atoms with Crippen molar-refractivity contribution >= 4 is 190 Å². The Kier molecular flexibility index (Phi) is 25.2. The van der Waals surface area contributed by atoms with E-state index in [9.17, 15) is 0 Å². The molecule has 0 spiro atoms. The third kappa shape index (κ3) is 15.3. The zero-order valence-electron chi connectivity index (χ0n) is 78.5. The molecule has 0 aliphatic carbocycles. The maximum atomic E-state index is 15.6. The van der Waals surface area contributed by atoms with Crippen molar-refractivity contribution in [3.05, 3.63) is 196 Å². The van der Waals surface area contributed by atoms with E-state index < -0.39 is 0 Å². The van der Waals surface area contributed by atoms with Crippen LogP contribution in [0, 0.1) is 0 Å². The molecule has 19 aromatic carbocycles. The van der Waals surface area contributed by atoms with Gasteiger partial charge in [0.2, 0.25) is 0 Å². The lowest BCUT2D eigenvalue weighted by molar-refractivity contribution is 0.0892. The molecule has 1 heterocycles. The highest BCUT2D eigenvalue weighted by Crippen LogP contribution is 2.62. The van der Waals surface area contributed by atoms with Crippen LogP contribution < -0.4 is 4.90 Å². The Morgan fingerprint density at radius 3 is 0.724 bits per heavy atom. The molecule has 0 saturated carbocycles. The number of carbonyl (C=O) groups is 2. The van der Waals surface area contributed by atoms with E-state index in [2.05, 4.69) is 195 Å². The number of hydrogen-bond acceptors (Lipinski definition) is 2. The van der Waals surface area contributed by atoms with Crippen LogP contribution in [0.15, 0.2) is 152 Å². The van der Waals surface area contributed by atoms with E-state index in [1.807, 2.05) is 12.1 Å². The largest absolute Gasteiger partial charge is 0.268 e. The molecule has 0 radical (unpaired) electrons. The summed E-state index contributed by atoms with van der Waals surface area (Å²) in [5, 5.41) is 43.7. The normalized spacial score (nSPS) is 13.3.